The number of benzene rings is 2. The van der Waals surface area contributed by atoms with E-state index in [9.17, 15) is 14.6 Å². The van der Waals surface area contributed by atoms with Crippen LogP contribution in [0.25, 0.3) is 22.5 Å². The van der Waals surface area contributed by atoms with Crippen LogP contribution in [0.5, 0.6) is 0 Å². The highest BCUT2D eigenvalue weighted by Gasteiger charge is 2.59. The maximum absolute atomic E-state index is 16.1. The van der Waals surface area contributed by atoms with Crippen LogP contribution in [0.15, 0.2) is 79.1 Å². The number of hydrogen-bond donors (Lipinski definition) is 2. The van der Waals surface area contributed by atoms with Gasteiger partial charge in [0.05, 0.1) is 30.2 Å². The standard InChI is InChI=1S/C35H35F3N8O2/c1-3-22(2)32(47)30-12-10-27(20-39-30)45-16-14-44(15-17-45)26-8-4-23(5-9-26)24-6-13-31(40-19-24)35(37,38)34(48)21-46-33(41-42-43-46)28-18-25(36)7-11-29(28)34/h4-13,18-20,22,32,47-48H,3,14-17,21H2,1-2H3/t22?,32?,34-/m0/s1. The fraction of sp³-hybridized carbons (Fsp3) is 0.343. The van der Waals surface area contributed by atoms with Crippen molar-refractivity contribution in [3.8, 4) is 22.5 Å². The first-order valence-corrected chi connectivity index (χ1v) is 16.0. The third-order valence-electron chi connectivity index (χ3n) is 9.65. The average Bonchev–Trinajstić information content (AvgIpc) is 3.59. The van der Waals surface area contributed by atoms with Crippen molar-refractivity contribution in [2.45, 2.75) is 44.4 Å². The molecule has 0 bridgehead atoms. The van der Waals surface area contributed by atoms with Crippen molar-refractivity contribution in [3.05, 3.63) is 102 Å². The van der Waals surface area contributed by atoms with Crippen molar-refractivity contribution >= 4 is 11.4 Å². The van der Waals surface area contributed by atoms with Crippen LogP contribution in [-0.4, -0.2) is 66.6 Å². The van der Waals surface area contributed by atoms with E-state index >= 15 is 8.78 Å². The van der Waals surface area contributed by atoms with Crippen molar-refractivity contribution in [1.82, 2.24) is 30.2 Å². The molecular weight excluding hydrogens is 621 g/mol. The fourth-order valence-electron chi connectivity index (χ4n) is 6.46. The minimum absolute atomic E-state index is 0.00421. The Labute approximate surface area is 275 Å². The highest BCUT2D eigenvalue weighted by molar-refractivity contribution is 5.67. The van der Waals surface area contributed by atoms with Gasteiger partial charge in [-0.3, -0.25) is 9.97 Å². The molecule has 5 heterocycles. The van der Waals surface area contributed by atoms with Gasteiger partial charge in [0, 0.05) is 54.8 Å². The predicted octanol–water partition coefficient (Wildman–Crippen LogP) is 5.34. The van der Waals surface area contributed by atoms with Crippen LogP contribution in [0, 0.1) is 11.7 Å². The van der Waals surface area contributed by atoms with Crippen molar-refractivity contribution in [2.75, 3.05) is 36.0 Å². The number of hydrogen-bond acceptors (Lipinski definition) is 9. The number of anilines is 2. The van der Waals surface area contributed by atoms with Gasteiger partial charge in [-0.2, -0.15) is 8.78 Å². The molecule has 3 atom stereocenters. The fourth-order valence-corrected chi connectivity index (χ4v) is 6.46. The molecular formula is C35H35F3N8O2. The van der Waals surface area contributed by atoms with Gasteiger partial charge in [0.25, 0.3) is 0 Å². The zero-order valence-electron chi connectivity index (χ0n) is 26.5. The molecule has 0 radical (unpaired) electrons. The minimum Gasteiger partial charge on any atom is -0.387 e. The lowest BCUT2D eigenvalue weighted by Gasteiger charge is -2.39. The lowest BCUT2D eigenvalue weighted by atomic mass is 9.80. The summed E-state index contributed by atoms with van der Waals surface area (Å²) in [7, 11) is 0. The van der Waals surface area contributed by atoms with Gasteiger partial charge in [-0.25, -0.2) is 9.07 Å². The molecule has 2 aromatic carbocycles. The van der Waals surface area contributed by atoms with Crippen molar-refractivity contribution in [1.29, 1.82) is 0 Å². The topological polar surface area (TPSA) is 116 Å². The zero-order chi connectivity index (χ0) is 33.6. The van der Waals surface area contributed by atoms with Crippen molar-refractivity contribution in [2.24, 2.45) is 5.92 Å². The third-order valence-corrected chi connectivity index (χ3v) is 9.65. The minimum atomic E-state index is -3.86. The van der Waals surface area contributed by atoms with E-state index in [1.807, 2.05) is 49.5 Å². The number of tetrazole rings is 1. The van der Waals surface area contributed by atoms with E-state index in [-0.39, 0.29) is 22.9 Å². The third kappa shape index (κ3) is 5.46. The highest BCUT2D eigenvalue weighted by atomic mass is 19.3. The van der Waals surface area contributed by atoms with Gasteiger partial charge >= 0.3 is 5.92 Å². The Morgan fingerprint density at radius 3 is 2.21 bits per heavy atom. The molecule has 2 aliphatic heterocycles. The second kappa shape index (κ2) is 12.3. The largest absolute Gasteiger partial charge is 0.387 e. The first-order chi connectivity index (χ1) is 23.1. The summed E-state index contributed by atoms with van der Waals surface area (Å²) >= 11 is 0. The smallest absolute Gasteiger partial charge is 0.323 e. The number of fused-ring (bicyclic) bond motifs is 3. The second-order valence-corrected chi connectivity index (χ2v) is 12.5. The summed E-state index contributed by atoms with van der Waals surface area (Å²) in [6, 6.07) is 17.7. The number of nitrogens with zero attached hydrogens (tertiary/aromatic N) is 8. The number of alkyl halides is 2. The van der Waals surface area contributed by atoms with Gasteiger partial charge in [-0.1, -0.05) is 44.5 Å². The van der Waals surface area contributed by atoms with E-state index in [2.05, 4.69) is 42.2 Å². The summed E-state index contributed by atoms with van der Waals surface area (Å²) in [5.74, 6) is -4.28. The van der Waals surface area contributed by atoms with Crippen LogP contribution in [0.2, 0.25) is 0 Å². The number of aliphatic hydroxyl groups is 2. The number of rotatable bonds is 8. The number of pyridine rings is 2. The quantitative estimate of drug-likeness (QED) is 0.229. The average molecular weight is 657 g/mol. The van der Waals surface area contributed by atoms with Gasteiger partial charge in [0.1, 0.15) is 11.5 Å². The lowest BCUT2D eigenvalue weighted by molar-refractivity contribution is -0.207. The molecule has 7 rings (SSSR count). The zero-order valence-corrected chi connectivity index (χ0v) is 26.5. The van der Waals surface area contributed by atoms with Crippen LogP contribution in [0.1, 0.15) is 43.3 Å². The van der Waals surface area contributed by atoms with Crippen LogP contribution in [-0.2, 0) is 18.1 Å². The SMILES string of the molecule is CCC(C)C(O)c1ccc(N2CCN(c3ccc(-c4ccc(C(F)(F)[C@]5(O)Cn6nnnc6-c6cc(F)ccc65)nc4)cc3)CC2)cn1. The van der Waals surface area contributed by atoms with Gasteiger partial charge < -0.3 is 20.0 Å². The molecule has 48 heavy (non-hydrogen) atoms. The van der Waals surface area contributed by atoms with Crippen LogP contribution < -0.4 is 9.80 Å². The number of halogens is 3. The van der Waals surface area contributed by atoms with Crippen molar-refractivity contribution < 1.29 is 23.4 Å². The molecule has 248 valence electrons. The van der Waals surface area contributed by atoms with E-state index in [0.29, 0.717) is 11.3 Å². The second-order valence-electron chi connectivity index (χ2n) is 12.5. The Morgan fingerprint density at radius 2 is 1.56 bits per heavy atom. The molecule has 0 saturated carbocycles. The number of aliphatic hydroxyl groups excluding tert-OH is 1. The number of piperazine rings is 1. The summed E-state index contributed by atoms with van der Waals surface area (Å²) in [6.07, 6.45) is 3.51. The Bertz CT molecular complexity index is 1900. The van der Waals surface area contributed by atoms with Gasteiger partial charge in [-0.15, -0.1) is 5.10 Å². The van der Waals surface area contributed by atoms with Crippen LogP contribution >= 0.6 is 0 Å². The normalized spacial score (nSPS) is 19.1. The molecule has 0 amide bonds. The monoisotopic (exact) mass is 656 g/mol. The molecule has 2 unspecified atom stereocenters. The maximum atomic E-state index is 16.1. The molecule has 0 aliphatic carbocycles. The Morgan fingerprint density at radius 1 is 0.875 bits per heavy atom. The summed E-state index contributed by atoms with van der Waals surface area (Å²) in [5.41, 5.74) is 0.638. The Balaban J connectivity index is 1.02. The first-order valence-electron chi connectivity index (χ1n) is 16.0. The summed E-state index contributed by atoms with van der Waals surface area (Å²) in [5, 5.41) is 33.0. The Kier molecular flexibility index (Phi) is 8.12. The van der Waals surface area contributed by atoms with Crippen LogP contribution in [0.3, 0.4) is 0 Å². The van der Waals surface area contributed by atoms with Crippen LogP contribution in [0.4, 0.5) is 24.5 Å². The molecule has 1 saturated heterocycles. The molecule has 2 N–H and O–H groups in total. The lowest BCUT2D eigenvalue weighted by Crippen LogP contribution is -2.49. The predicted molar refractivity (Wildman–Crippen MR) is 174 cm³/mol. The molecule has 2 aliphatic rings. The van der Waals surface area contributed by atoms with Gasteiger partial charge in [0.15, 0.2) is 11.4 Å². The summed E-state index contributed by atoms with van der Waals surface area (Å²) in [4.78, 5) is 13.2. The van der Waals surface area contributed by atoms with E-state index < -0.39 is 35.7 Å². The molecule has 1 fully saturated rings. The number of aromatic nitrogens is 6. The van der Waals surface area contributed by atoms with Gasteiger partial charge in [0.2, 0.25) is 0 Å². The van der Waals surface area contributed by atoms with E-state index in [1.54, 1.807) is 6.07 Å². The first kappa shape index (κ1) is 31.7. The molecule has 3 aromatic heterocycles. The summed E-state index contributed by atoms with van der Waals surface area (Å²) in [6.45, 7) is 6.69. The highest BCUT2D eigenvalue weighted by Crippen LogP contribution is 2.50. The van der Waals surface area contributed by atoms with Gasteiger partial charge in [-0.05, 0) is 64.4 Å². The van der Waals surface area contributed by atoms with E-state index in [0.717, 1.165) is 72.4 Å². The molecule has 0 spiro atoms. The molecule has 10 nitrogen and oxygen atoms in total. The Hall–Kier alpha value is -4.88. The molecule has 13 heteroatoms. The van der Waals surface area contributed by atoms with E-state index in [1.165, 1.54) is 12.3 Å². The summed E-state index contributed by atoms with van der Waals surface area (Å²) < 4.78 is 47.3. The maximum Gasteiger partial charge on any atom is 0.323 e. The molecule has 5 aromatic rings. The van der Waals surface area contributed by atoms with E-state index in [4.69, 9.17) is 0 Å². The van der Waals surface area contributed by atoms with Crippen molar-refractivity contribution in [3.63, 3.8) is 0 Å².